The van der Waals surface area contributed by atoms with E-state index in [4.69, 9.17) is 9.02 Å². The normalized spacial score (nSPS) is 12.8. The van der Waals surface area contributed by atoms with Gasteiger partial charge in [-0.05, 0) is 32.4 Å². The molecule has 2 aromatic rings. The van der Waals surface area contributed by atoms with Crippen LogP contribution in [0.5, 0.6) is 5.88 Å². The van der Waals surface area contributed by atoms with Gasteiger partial charge >= 0.3 is 0 Å². The maximum atomic E-state index is 12.0. The Balaban J connectivity index is 2.07. The van der Waals surface area contributed by atoms with Crippen LogP contribution >= 0.6 is 0 Å². The average Bonchev–Trinajstić information content (AvgIpc) is 2.54. The second kappa shape index (κ2) is 7.79. The Hall–Kier alpha value is -2.59. The Labute approximate surface area is 141 Å². The summed E-state index contributed by atoms with van der Waals surface area (Å²) in [5, 5.41) is 12.0. The first-order valence-corrected chi connectivity index (χ1v) is 7.91. The Morgan fingerprint density at radius 1 is 1.21 bits per heavy atom. The monoisotopic (exact) mass is 350 g/mol. The molecule has 2 aromatic heterocycles. The van der Waals surface area contributed by atoms with Crippen molar-refractivity contribution in [3.8, 4) is 5.88 Å². The van der Waals surface area contributed by atoms with Gasteiger partial charge < -0.3 is 9.84 Å². The molecule has 1 atom stereocenters. The van der Waals surface area contributed by atoms with Gasteiger partial charge in [0, 0.05) is 17.5 Å². The highest BCUT2D eigenvalue weighted by molar-refractivity contribution is 7.80. The number of methoxy groups -OCH3 is 1. The van der Waals surface area contributed by atoms with Crippen molar-refractivity contribution >= 4 is 23.1 Å². The number of ether oxygens (including phenoxy) is 1. The maximum Gasteiger partial charge on any atom is 0.253 e. The molecule has 128 valence electrons. The van der Waals surface area contributed by atoms with Gasteiger partial charge in [-0.15, -0.1) is 0 Å². The van der Waals surface area contributed by atoms with Gasteiger partial charge in [-0.25, -0.2) is 24.6 Å². The molecule has 10 heteroatoms. The van der Waals surface area contributed by atoms with E-state index in [0.717, 1.165) is 0 Å². The van der Waals surface area contributed by atoms with Crippen molar-refractivity contribution < 1.29 is 18.3 Å². The third-order valence-electron chi connectivity index (χ3n) is 2.78. The van der Waals surface area contributed by atoms with Crippen LogP contribution < -0.4 is 15.3 Å². The van der Waals surface area contributed by atoms with E-state index in [1.165, 1.54) is 7.11 Å². The van der Waals surface area contributed by atoms with E-state index in [2.05, 4.69) is 19.9 Å². The zero-order valence-corrected chi connectivity index (χ0v) is 14.4. The molecule has 0 aliphatic heterocycles. The average molecular weight is 350 g/mol. The standard InChI is InChI=1S/C14H17N5O4S/c1-8-5-6-9(2)15-12(8)24(21)23-19-14(20)18-13-16-10(3)7-11(17-13)22-4/h5-7H,1-4H3,(H2,16,17,18,19,20)/p-1. The predicted octanol–water partition coefficient (Wildman–Crippen LogP) is 0.397. The fourth-order valence-corrected chi connectivity index (χ4v) is 2.45. The summed E-state index contributed by atoms with van der Waals surface area (Å²) in [6.07, 6.45) is 0. The quantitative estimate of drug-likeness (QED) is 0.467. The second-order valence-corrected chi connectivity index (χ2v) is 5.79. The molecule has 9 nitrogen and oxygen atoms in total. The second-order valence-electron chi connectivity index (χ2n) is 4.76. The number of hydroxylamine groups is 1. The number of hydrogen-bond donors (Lipinski definition) is 1. The Bertz CT molecular complexity index is 797. The van der Waals surface area contributed by atoms with Crippen molar-refractivity contribution in [2.75, 3.05) is 7.11 Å². The van der Waals surface area contributed by atoms with Crippen LogP contribution in [0.1, 0.15) is 17.0 Å². The predicted molar refractivity (Wildman–Crippen MR) is 84.8 cm³/mol. The number of hydrogen-bond acceptors (Lipinski definition) is 8. The minimum Gasteiger partial charge on any atom is -0.844 e. The lowest BCUT2D eigenvalue weighted by Crippen LogP contribution is -2.35. The molecule has 0 saturated carbocycles. The Morgan fingerprint density at radius 2 is 1.96 bits per heavy atom. The molecule has 0 radical (unpaired) electrons. The van der Waals surface area contributed by atoms with Gasteiger partial charge in [-0.2, -0.15) is 9.27 Å². The lowest BCUT2D eigenvalue weighted by Gasteiger charge is -2.12. The summed E-state index contributed by atoms with van der Waals surface area (Å²) in [5.41, 5.74) is 3.91. The number of aryl methyl sites for hydroxylation is 3. The largest absolute Gasteiger partial charge is 0.844 e. The number of aromatic nitrogens is 3. The zero-order chi connectivity index (χ0) is 17.7. The summed E-state index contributed by atoms with van der Waals surface area (Å²) in [5.74, 6) is 0.182. The number of pyridine rings is 1. The molecule has 24 heavy (non-hydrogen) atoms. The van der Waals surface area contributed by atoms with E-state index in [-0.39, 0.29) is 16.9 Å². The summed E-state index contributed by atoms with van der Waals surface area (Å²) >= 11 is -1.96. The molecule has 0 spiro atoms. The first-order valence-electron chi connectivity index (χ1n) is 6.83. The van der Waals surface area contributed by atoms with E-state index >= 15 is 0 Å². The third kappa shape index (κ3) is 4.70. The fourth-order valence-electron chi connectivity index (χ4n) is 1.68. The van der Waals surface area contributed by atoms with Crippen molar-refractivity contribution in [1.82, 2.24) is 20.4 Å². The van der Waals surface area contributed by atoms with E-state index in [9.17, 15) is 9.32 Å². The van der Waals surface area contributed by atoms with Gasteiger partial charge in [0.15, 0.2) is 5.03 Å². The van der Waals surface area contributed by atoms with Crippen molar-refractivity contribution in [2.45, 2.75) is 25.8 Å². The van der Waals surface area contributed by atoms with Gasteiger partial charge in [0.25, 0.3) is 5.95 Å². The minimum atomic E-state index is -1.96. The highest BCUT2D eigenvalue weighted by atomic mass is 32.2. The summed E-state index contributed by atoms with van der Waals surface area (Å²) in [6, 6.07) is 4.24. The molecule has 0 bridgehead atoms. The minimum absolute atomic E-state index is 0.0939. The van der Waals surface area contributed by atoms with Crippen LogP contribution in [0.15, 0.2) is 28.2 Å². The molecule has 0 aliphatic carbocycles. The van der Waals surface area contributed by atoms with Crippen LogP contribution in [0.4, 0.5) is 5.95 Å². The van der Waals surface area contributed by atoms with Crippen LogP contribution in [0.2, 0.25) is 0 Å². The lowest BCUT2D eigenvalue weighted by atomic mass is 10.3. The number of rotatable bonds is 5. The van der Waals surface area contributed by atoms with Crippen molar-refractivity contribution in [2.24, 2.45) is 4.99 Å². The number of nitrogens with zero attached hydrogens (tertiary/aromatic N) is 4. The van der Waals surface area contributed by atoms with E-state index in [1.807, 2.05) is 5.48 Å². The molecule has 1 unspecified atom stereocenters. The smallest absolute Gasteiger partial charge is 0.253 e. The van der Waals surface area contributed by atoms with Crippen LogP contribution in [-0.4, -0.2) is 32.3 Å². The van der Waals surface area contributed by atoms with Crippen molar-refractivity contribution in [3.05, 3.63) is 35.2 Å². The first-order chi connectivity index (χ1) is 11.4. The van der Waals surface area contributed by atoms with E-state index in [1.54, 1.807) is 39.0 Å². The number of aliphatic imine (C=N–C) groups is 1. The zero-order valence-electron chi connectivity index (χ0n) is 13.6. The fraction of sp³-hybridized carbons (Fsp3) is 0.286. The summed E-state index contributed by atoms with van der Waals surface area (Å²) < 4.78 is 21.8. The molecule has 0 amide bonds. The maximum absolute atomic E-state index is 12.0. The summed E-state index contributed by atoms with van der Waals surface area (Å²) in [4.78, 5) is 15.6. The number of nitrogens with one attached hydrogen (secondary N) is 1. The molecular formula is C14H16N5O4S-. The molecule has 0 saturated heterocycles. The van der Waals surface area contributed by atoms with Gasteiger partial charge in [-0.3, -0.25) is 0 Å². The number of amidine groups is 1. The van der Waals surface area contributed by atoms with Gasteiger partial charge in [0.05, 0.1) is 13.1 Å². The van der Waals surface area contributed by atoms with Crippen LogP contribution in [-0.2, 0) is 15.4 Å². The Kier molecular flexibility index (Phi) is 5.77. The van der Waals surface area contributed by atoms with Gasteiger partial charge in [0.2, 0.25) is 17.0 Å². The van der Waals surface area contributed by atoms with E-state index < -0.39 is 17.1 Å². The highest BCUT2D eigenvalue weighted by Crippen LogP contribution is 2.13. The molecule has 0 aliphatic rings. The third-order valence-corrected chi connectivity index (χ3v) is 3.75. The van der Waals surface area contributed by atoms with Crippen molar-refractivity contribution in [3.63, 3.8) is 0 Å². The lowest BCUT2D eigenvalue weighted by molar-refractivity contribution is -0.228. The molecule has 1 N–H and O–H groups in total. The highest BCUT2D eigenvalue weighted by Gasteiger charge is 2.10. The topological polar surface area (TPSA) is 122 Å². The Morgan fingerprint density at radius 3 is 2.67 bits per heavy atom. The molecule has 2 rings (SSSR count). The molecule has 0 aromatic carbocycles. The van der Waals surface area contributed by atoms with Crippen molar-refractivity contribution in [1.29, 1.82) is 0 Å². The first kappa shape index (κ1) is 17.8. The van der Waals surface area contributed by atoms with Crippen LogP contribution in [0.25, 0.3) is 0 Å². The summed E-state index contributed by atoms with van der Waals surface area (Å²) in [7, 11) is 1.44. The van der Waals surface area contributed by atoms with E-state index in [0.29, 0.717) is 17.0 Å². The molecule has 2 heterocycles. The molecule has 0 fully saturated rings. The van der Waals surface area contributed by atoms with Gasteiger partial charge in [-0.1, -0.05) is 6.07 Å². The summed E-state index contributed by atoms with van der Waals surface area (Å²) in [6.45, 7) is 5.21. The SMILES string of the molecule is COc1cc(C)nc(/N=C(/[O-])NOS(=O)c2nc(C)ccc2C)n1. The van der Waals surface area contributed by atoms with Crippen LogP contribution in [0, 0.1) is 20.8 Å². The molecular weight excluding hydrogens is 334 g/mol. The van der Waals surface area contributed by atoms with Crippen LogP contribution in [0.3, 0.4) is 0 Å². The van der Waals surface area contributed by atoms with Gasteiger partial charge in [0.1, 0.15) is 0 Å².